The lowest BCUT2D eigenvalue weighted by Crippen LogP contribution is -2.25. The van der Waals surface area contributed by atoms with Crippen LogP contribution in [0.4, 0.5) is 0 Å². The number of carbonyl (C=O) groups is 1. The number of amides is 1. The zero-order chi connectivity index (χ0) is 18.6. The first-order valence-corrected chi connectivity index (χ1v) is 8.25. The maximum atomic E-state index is 11.9. The summed E-state index contributed by atoms with van der Waals surface area (Å²) in [7, 11) is 0. The fourth-order valence-corrected chi connectivity index (χ4v) is 2.58. The number of nitrogens with zero attached hydrogens (tertiary/aromatic N) is 1. The van der Waals surface area contributed by atoms with Crippen LogP contribution in [0, 0.1) is 13.8 Å². The minimum absolute atomic E-state index is 0.113. The molecule has 0 aliphatic heterocycles. The van der Waals surface area contributed by atoms with Crippen LogP contribution in [0.1, 0.15) is 23.6 Å². The Labute approximate surface area is 156 Å². The molecule has 0 spiro atoms. The number of aryl methyl sites for hydroxylation is 2. The lowest BCUT2D eigenvalue weighted by molar-refractivity contribution is -0.123. The topological polar surface area (TPSA) is 70.9 Å². The Kier molecular flexibility index (Phi) is 6.28. The first-order chi connectivity index (χ1) is 11.8. The highest BCUT2D eigenvalue weighted by molar-refractivity contribution is 6.36. The van der Waals surface area contributed by atoms with E-state index in [9.17, 15) is 9.90 Å². The third-order valence-electron chi connectivity index (χ3n) is 3.47. The van der Waals surface area contributed by atoms with Gasteiger partial charge in [-0.2, -0.15) is 5.10 Å². The Morgan fingerprint density at radius 3 is 2.68 bits per heavy atom. The number of hydrogen-bond donors (Lipinski definition) is 2. The molecule has 0 aromatic heterocycles. The monoisotopic (exact) mass is 380 g/mol. The van der Waals surface area contributed by atoms with Crippen LogP contribution >= 0.6 is 23.2 Å². The van der Waals surface area contributed by atoms with Crippen molar-refractivity contribution in [1.29, 1.82) is 0 Å². The van der Waals surface area contributed by atoms with E-state index >= 15 is 0 Å². The van der Waals surface area contributed by atoms with Crippen LogP contribution in [0.15, 0.2) is 35.4 Å². The van der Waals surface area contributed by atoms with E-state index in [2.05, 4.69) is 10.5 Å². The lowest BCUT2D eigenvalue weighted by atomic mass is 10.1. The van der Waals surface area contributed by atoms with Crippen molar-refractivity contribution >= 4 is 34.8 Å². The Hall–Kier alpha value is -2.24. The molecule has 0 atom stereocenters. The molecule has 1 amide bonds. The molecule has 5 nitrogen and oxygen atoms in total. The molecule has 0 saturated carbocycles. The molecule has 2 rings (SSSR count). The molecule has 7 heteroatoms. The first kappa shape index (κ1) is 19.1. The van der Waals surface area contributed by atoms with Crippen LogP contribution in [0.3, 0.4) is 0 Å². The molecule has 0 saturated heterocycles. The third kappa shape index (κ3) is 5.11. The fourth-order valence-electron chi connectivity index (χ4n) is 2.09. The molecule has 0 unspecified atom stereocenters. The van der Waals surface area contributed by atoms with E-state index in [1.54, 1.807) is 6.92 Å². The summed E-state index contributed by atoms with van der Waals surface area (Å²) in [5.41, 5.74) is 5.07. The highest BCUT2D eigenvalue weighted by Crippen LogP contribution is 2.31. The Morgan fingerprint density at radius 2 is 1.96 bits per heavy atom. The molecule has 2 aromatic carbocycles. The van der Waals surface area contributed by atoms with Gasteiger partial charge in [-0.15, -0.1) is 0 Å². The first-order valence-electron chi connectivity index (χ1n) is 7.49. The maximum absolute atomic E-state index is 11.9. The zero-order valence-corrected chi connectivity index (χ0v) is 15.6. The molecular weight excluding hydrogens is 363 g/mol. The largest absolute Gasteiger partial charge is 0.506 e. The van der Waals surface area contributed by atoms with Gasteiger partial charge in [0.2, 0.25) is 0 Å². The van der Waals surface area contributed by atoms with Crippen molar-refractivity contribution in [1.82, 2.24) is 5.43 Å². The van der Waals surface area contributed by atoms with E-state index in [4.69, 9.17) is 27.9 Å². The number of aromatic hydroxyl groups is 1. The summed E-state index contributed by atoms with van der Waals surface area (Å²) in [6, 6.07) is 8.70. The van der Waals surface area contributed by atoms with Crippen molar-refractivity contribution in [2.24, 2.45) is 5.10 Å². The predicted molar refractivity (Wildman–Crippen MR) is 99.9 cm³/mol. The number of hydrazone groups is 1. The predicted octanol–water partition coefficient (Wildman–Crippen LogP) is 4.24. The Morgan fingerprint density at radius 1 is 1.24 bits per heavy atom. The van der Waals surface area contributed by atoms with Gasteiger partial charge >= 0.3 is 0 Å². The summed E-state index contributed by atoms with van der Waals surface area (Å²) in [6.07, 6.45) is 0. The average Bonchev–Trinajstić information content (AvgIpc) is 2.56. The molecular formula is C18H18Cl2N2O3. The minimum Gasteiger partial charge on any atom is -0.506 e. The smallest absolute Gasteiger partial charge is 0.277 e. The second-order valence-corrected chi connectivity index (χ2v) is 6.42. The van der Waals surface area contributed by atoms with Gasteiger partial charge in [0.25, 0.3) is 5.91 Å². The molecule has 0 radical (unpaired) electrons. The van der Waals surface area contributed by atoms with Crippen LogP contribution in [0.5, 0.6) is 11.5 Å². The molecule has 2 N–H and O–H groups in total. The summed E-state index contributed by atoms with van der Waals surface area (Å²) in [5, 5.41) is 14.4. The second-order valence-electron chi connectivity index (χ2n) is 5.57. The van der Waals surface area contributed by atoms with Gasteiger partial charge < -0.3 is 9.84 Å². The van der Waals surface area contributed by atoms with Crippen molar-refractivity contribution in [2.75, 3.05) is 6.61 Å². The number of halogens is 2. The van der Waals surface area contributed by atoms with E-state index in [-0.39, 0.29) is 17.4 Å². The molecule has 0 aliphatic rings. The Bertz CT molecular complexity index is 835. The number of phenolic OH excluding ortho intramolecular Hbond substituents is 1. The van der Waals surface area contributed by atoms with Gasteiger partial charge in [-0.3, -0.25) is 4.79 Å². The number of rotatable bonds is 5. The number of nitrogens with one attached hydrogen (secondary N) is 1. The van der Waals surface area contributed by atoms with Crippen LogP contribution < -0.4 is 10.2 Å². The quantitative estimate of drug-likeness (QED) is 0.601. The van der Waals surface area contributed by atoms with Crippen LogP contribution in [-0.2, 0) is 4.79 Å². The summed E-state index contributed by atoms with van der Waals surface area (Å²) in [5.74, 6) is 0.0798. The van der Waals surface area contributed by atoms with Gasteiger partial charge in [0.05, 0.1) is 10.7 Å². The van der Waals surface area contributed by atoms with Crippen molar-refractivity contribution in [3.63, 3.8) is 0 Å². The summed E-state index contributed by atoms with van der Waals surface area (Å²) < 4.78 is 5.51. The summed E-state index contributed by atoms with van der Waals surface area (Å²) in [4.78, 5) is 11.9. The minimum atomic E-state index is -0.423. The normalized spacial score (nSPS) is 11.3. The highest BCUT2D eigenvalue weighted by atomic mass is 35.5. The molecule has 132 valence electrons. The van der Waals surface area contributed by atoms with Crippen LogP contribution in [0.25, 0.3) is 0 Å². The molecule has 0 heterocycles. The summed E-state index contributed by atoms with van der Waals surface area (Å²) >= 11 is 11.8. The van der Waals surface area contributed by atoms with Gasteiger partial charge in [0.1, 0.15) is 11.5 Å². The summed E-state index contributed by atoms with van der Waals surface area (Å²) in [6.45, 7) is 5.29. The highest BCUT2D eigenvalue weighted by Gasteiger charge is 2.11. The number of ether oxygens (including phenoxy) is 1. The third-order valence-corrected chi connectivity index (χ3v) is 3.98. The number of benzene rings is 2. The fraction of sp³-hybridized carbons (Fsp3) is 0.222. The maximum Gasteiger partial charge on any atom is 0.277 e. The Balaban J connectivity index is 2.01. The van der Waals surface area contributed by atoms with E-state index in [0.29, 0.717) is 22.0 Å². The standard InChI is InChI=1S/C18H18Cl2N2O3/c1-10-4-5-11(2)16(6-10)25-9-17(23)22-21-12(3)14-7-13(19)8-15(20)18(14)24/h4-8,24H,9H2,1-3H3,(H,22,23). The molecule has 0 fully saturated rings. The number of hydrogen-bond acceptors (Lipinski definition) is 4. The van der Waals surface area contributed by atoms with Gasteiger partial charge in [-0.05, 0) is 50.1 Å². The SMILES string of the molecule is CC(=NNC(=O)COc1cc(C)ccc1C)c1cc(Cl)cc(Cl)c1O. The van der Waals surface area contributed by atoms with E-state index in [1.165, 1.54) is 12.1 Å². The van der Waals surface area contributed by atoms with E-state index < -0.39 is 5.91 Å². The van der Waals surface area contributed by atoms with Crippen molar-refractivity contribution in [2.45, 2.75) is 20.8 Å². The molecule has 0 bridgehead atoms. The second kappa shape index (κ2) is 8.23. The molecule has 25 heavy (non-hydrogen) atoms. The van der Waals surface area contributed by atoms with Crippen molar-refractivity contribution in [3.05, 3.63) is 57.1 Å². The van der Waals surface area contributed by atoms with E-state index in [1.807, 2.05) is 32.0 Å². The van der Waals surface area contributed by atoms with Gasteiger partial charge in [-0.1, -0.05) is 35.3 Å². The molecule has 2 aromatic rings. The van der Waals surface area contributed by atoms with Crippen molar-refractivity contribution in [3.8, 4) is 11.5 Å². The number of carbonyl (C=O) groups excluding carboxylic acids is 1. The van der Waals surface area contributed by atoms with Gasteiger partial charge in [0.15, 0.2) is 6.61 Å². The van der Waals surface area contributed by atoms with Crippen LogP contribution in [-0.4, -0.2) is 23.3 Å². The van der Waals surface area contributed by atoms with E-state index in [0.717, 1.165) is 11.1 Å². The van der Waals surface area contributed by atoms with Crippen LogP contribution in [0.2, 0.25) is 10.0 Å². The average molecular weight is 381 g/mol. The zero-order valence-electron chi connectivity index (χ0n) is 14.1. The lowest BCUT2D eigenvalue weighted by Gasteiger charge is -2.10. The van der Waals surface area contributed by atoms with Gasteiger partial charge in [-0.25, -0.2) is 5.43 Å². The molecule has 0 aliphatic carbocycles. The van der Waals surface area contributed by atoms with Gasteiger partial charge in [0, 0.05) is 10.6 Å². The van der Waals surface area contributed by atoms with Crippen molar-refractivity contribution < 1.29 is 14.6 Å². The number of phenols is 1.